The average molecular weight is 204 g/mol. The van der Waals surface area contributed by atoms with E-state index in [1.165, 1.54) is 6.07 Å². The highest BCUT2D eigenvalue weighted by molar-refractivity contribution is 7.92. The molecular formula is C7H12N2O3S. The summed E-state index contributed by atoms with van der Waals surface area (Å²) in [4.78, 5) is 10.9. The summed E-state index contributed by atoms with van der Waals surface area (Å²) in [7, 11) is -3.53. The largest absolute Gasteiger partial charge is 0.355 e. The summed E-state index contributed by atoms with van der Waals surface area (Å²) in [5.74, 6) is -1.75. The molecule has 0 atom stereocenters. The van der Waals surface area contributed by atoms with Crippen molar-refractivity contribution in [1.29, 1.82) is 5.26 Å². The minimum absolute atomic E-state index is 0.459. The standard InChI is InChI=1S/C7H12N2O3S/c1-2-4-9-7(10)6-13(11,12)5-3-8/h2,4-6H2,1H3,(H,9,10). The number of sulfone groups is 1. The topological polar surface area (TPSA) is 87.0 Å². The molecule has 1 N–H and O–H groups in total. The van der Waals surface area contributed by atoms with E-state index >= 15 is 0 Å². The number of rotatable bonds is 5. The molecule has 0 aromatic heterocycles. The Bertz CT molecular complexity index is 302. The van der Waals surface area contributed by atoms with Crippen LogP contribution in [0.2, 0.25) is 0 Å². The highest BCUT2D eigenvalue weighted by Crippen LogP contribution is 1.88. The van der Waals surface area contributed by atoms with Crippen LogP contribution in [0.5, 0.6) is 0 Å². The highest BCUT2D eigenvalue weighted by Gasteiger charge is 2.15. The van der Waals surface area contributed by atoms with E-state index < -0.39 is 27.3 Å². The third-order valence-electron chi connectivity index (χ3n) is 1.21. The van der Waals surface area contributed by atoms with Crippen LogP contribution in [0.25, 0.3) is 0 Å². The van der Waals surface area contributed by atoms with Gasteiger partial charge >= 0.3 is 0 Å². The predicted molar refractivity (Wildman–Crippen MR) is 47.6 cm³/mol. The first-order valence-corrected chi connectivity index (χ1v) is 5.68. The van der Waals surface area contributed by atoms with E-state index in [0.717, 1.165) is 6.42 Å². The second-order valence-electron chi connectivity index (χ2n) is 2.54. The van der Waals surface area contributed by atoms with Gasteiger partial charge in [-0.25, -0.2) is 8.42 Å². The van der Waals surface area contributed by atoms with Crippen LogP contribution in [0, 0.1) is 11.3 Å². The lowest BCUT2D eigenvalue weighted by Crippen LogP contribution is -2.31. The van der Waals surface area contributed by atoms with Crippen LogP contribution in [0.1, 0.15) is 13.3 Å². The summed E-state index contributed by atoms with van der Waals surface area (Å²) >= 11 is 0. The van der Waals surface area contributed by atoms with Crippen LogP contribution in [0.3, 0.4) is 0 Å². The van der Waals surface area contributed by atoms with Crippen molar-refractivity contribution in [2.75, 3.05) is 18.1 Å². The average Bonchev–Trinajstić information content (AvgIpc) is 1.99. The Balaban J connectivity index is 3.99. The van der Waals surface area contributed by atoms with E-state index in [1.807, 2.05) is 6.92 Å². The zero-order valence-corrected chi connectivity index (χ0v) is 8.23. The molecule has 0 fully saturated rings. The molecule has 1 amide bonds. The number of carbonyl (C=O) groups is 1. The molecule has 0 rings (SSSR count). The molecule has 0 heterocycles. The quantitative estimate of drug-likeness (QED) is 0.651. The summed E-state index contributed by atoms with van der Waals surface area (Å²) in [5, 5.41) is 10.5. The maximum absolute atomic E-state index is 10.9. The number of nitrogens with one attached hydrogen (secondary N) is 1. The van der Waals surface area contributed by atoms with Crippen molar-refractivity contribution >= 4 is 15.7 Å². The summed E-state index contributed by atoms with van der Waals surface area (Å²) < 4.78 is 21.8. The first-order chi connectivity index (χ1) is 6.02. The Labute approximate surface area is 77.7 Å². The van der Waals surface area contributed by atoms with Crippen molar-refractivity contribution in [3.63, 3.8) is 0 Å². The van der Waals surface area contributed by atoms with Crippen LogP contribution >= 0.6 is 0 Å². The third kappa shape index (κ3) is 6.11. The molecule has 6 heteroatoms. The minimum atomic E-state index is -3.53. The Morgan fingerprint density at radius 1 is 1.54 bits per heavy atom. The first kappa shape index (κ1) is 11.9. The van der Waals surface area contributed by atoms with Gasteiger partial charge in [-0.3, -0.25) is 4.79 Å². The predicted octanol–water partition coefficient (Wildman–Crippen LogP) is -0.549. The van der Waals surface area contributed by atoms with Crippen molar-refractivity contribution in [1.82, 2.24) is 5.32 Å². The van der Waals surface area contributed by atoms with Crippen molar-refractivity contribution in [3.05, 3.63) is 0 Å². The van der Waals surface area contributed by atoms with Crippen molar-refractivity contribution < 1.29 is 13.2 Å². The molecule has 0 aromatic carbocycles. The van der Waals surface area contributed by atoms with Gasteiger partial charge in [0.05, 0.1) is 6.07 Å². The fraction of sp³-hybridized carbons (Fsp3) is 0.714. The van der Waals surface area contributed by atoms with Crippen molar-refractivity contribution in [2.24, 2.45) is 0 Å². The Morgan fingerprint density at radius 2 is 2.15 bits per heavy atom. The van der Waals surface area contributed by atoms with Crippen LogP contribution in [0.4, 0.5) is 0 Å². The molecule has 0 saturated carbocycles. The lowest BCUT2D eigenvalue weighted by Gasteiger charge is -2.01. The van der Waals surface area contributed by atoms with E-state index in [-0.39, 0.29) is 0 Å². The Morgan fingerprint density at radius 3 is 2.62 bits per heavy atom. The summed E-state index contributed by atoms with van der Waals surface area (Å²) in [6.45, 7) is 2.32. The van der Waals surface area contributed by atoms with Gasteiger partial charge in [0.15, 0.2) is 9.84 Å². The summed E-state index contributed by atoms with van der Waals surface area (Å²) in [5.41, 5.74) is 0. The molecule has 0 aliphatic heterocycles. The number of hydrogen-bond acceptors (Lipinski definition) is 4. The lowest BCUT2D eigenvalue weighted by molar-refractivity contribution is -0.118. The molecule has 0 bridgehead atoms. The molecule has 0 aromatic rings. The lowest BCUT2D eigenvalue weighted by atomic mass is 10.5. The van der Waals surface area contributed by atoms with E-state index in [2.05, 4.69) is 5.32 Å². The molecule has 74 valence electrons. The van der Waals surface area contributed by atoms with Crippen molar-refractivity contribution in [2.45, 2.75) is 13.3 Å². The number of nitrogens with zero attached hydrogens (tertiary/aromatic N) is 1. The van der Waals surface area contributed by atoms with Gasteiger partial charge in [-0.1, -0.05) is 6.92 Å². The molecule has 0 radical (unpaired) electrons. The zero-order valence-electron chi connectivity index (χ0n) is 7.41. The monoisotopic (exact) mass is 204 g/mol. The maximum atomic E-state index is 10.9. The van der Waals surface area contributed by atoms with Gasteiger partial charge in [-0.05, 0) is 6.42 Å². The normalized spacial score (nSPS) is 10.5. The van der Waals surface area contributed by atoms with E-state index in [0.29, 0.717) is 6.54 Å². The number of carbonyl (C=O) groups excluding carboxylic acids is 1. The Hall–Kier alpha value is -1.09. The molecular weight excluding hydrogens is 192 g/mol. The highest BCUT2D eigenvalue weighted by atomic mass is 32.2. The minimum Gasteiger partial charge on any atom is -0.355 e. The number of hydrogen-bond donors (Lipinski definition) is 1. The second-order valence-corrected chi connectivity index (χ2v) is 4.60. The SMILES string of the molecule is CCCNC(=O)CS(=O)(=O)CC#N. The smallest absolute Gasteiger partial charge is 0.235 e. The van der Waals surface area contributed by atoms with E-state index in [4.69, 9.17) is 5.26 Å². The van der Waals surface area contributed by atoms with Crippen LogP contribution in [-0.4, -0.2) is 32.4 Å². The van der Waals surface area contributed by atoms with Gasteiger partial charge in [-0.15, -0.1) is 0 Å². The molecule has 0 spiro atoms. The summed E-state index contributed by atoms with van der Waals surface area (Å²) in [6, 6.07) is 1.50. The fourth-order valence-corrected chi connectivity index (χ4v) is 1.46. The molecule has 0 unspecified atom stereocenters. The molecule has 0 aliphatic rings. The maximum Gasteiger partial charge on any atom is 0.235 e. The van der Waals surface area contributed by atoms with E-state index in [9.17, 15) is 13.2 Å². The van der Waals surface area contributed by atoms with Crippen LogP contribution < -0.4 is 5.32 Å². The van der Waals surface area contributed by atoms with Gasteiger partial charge in [0.25, 0.3) is 0 Å². The zero-order chi connectivity index (χ0) is 10.3. The van der Waals surface area contributed by atoms with Crippen molar-refractivity contribution in [3.8, 4) is 6.07 Å². The fourth-order valence-electron chi connectivity index (χ4n) is 0.665. The molecule has 0 saturated heterocycles. The van der Waals surface area contributed by atoms with Gasteiger partial charge in [0, 0.05) is 6.54 Å². The number of nitriles is 1. The molecule has 5 nitrogen and oxygen atoms in total. The molecule has 13 heavy (non-hydrogen) atoms. The van der Waals surface area contributed by atoms with Crippen LogP contribution in [-0.2, 0) is 14.6 Å². The third-order valence-corrected chi connectivity index (χ3v) is 2.48. The van der Waals surface area contributed by atoms with Gasteiger partial charge < -0.3 is 5.32 Å². The number of amides is 1. The van der Waals surface area contributed by atoms with Crippen LogP contribution in [0.15, 0.2) is 0 Å². The summed E-state index contributed by atoms with van der Waals surface area (Å²) in [6.07, 6.45) is 0.754. The van der Waals surface area contributed by atoms with Gasteiger partial charge in [0.2, 0.25) is 5.91 Å². The van der Waals surface area contributed by atoms with E-state index in [1.54, 1.807) is 0 Å². The van der Waals surface area contributed by atoms with Gasteiger partial charge in [-0.2, -0.15) is 5.26 Å². The Kier molecular flexibility index (Phi) is 5.07. The molecule has 0 aliphatic carbocycles. The van der Waals surface area contributed by atoms with Gasteiger partial charge in [0.1, 0.15) is 11.5 Å². The first-order valence-electron chi connectivity index (χ1n) is 3.86. The second kappa shape index (κ2) is 5.54.